The number of rotatable bonds is 7. The molecule has 2 aliphatic heterocycles. The largest absolute Gasteiger partial charge is 0.493 e. The minimum atomic E-state index is -4.84. The number of nitrogens with one attached hydrogen (secondary N) is 1. The first-order valence-electron chi connectivity index (χ1n) is 14.9. The molecule has 3 amide bonds. The van der Waals surface area contributed by atoms with E-state index in [9.17, 15) is 32.3 Å². The van der Waals surface area contributed by atoms with Crippen molar-refractivity contribution in [3.8, 4) is 11.5 Å². The van der Waals surface area contributed by atoms with E-state index in [4.69, 9.17) is 9.47 Å². The summed E-state index contributed by atoms with van der Waals surface area (Å²) in [6.45, 7) is -0.400. The number of hydrogen-bond acceptors (Lipinski definition) is 8. The Balaban J connectivity index is 1.30. The van der Waals surface area contributed by atoms with Gasteiger partial charge in [-0.25, -0.2) is 4.90 Å². The van der Waals surface area contributed by atoms with E-state index in [0.29, 0.717) is 32.5 Å². The van der Waals surface area contributed by atoms with Gasteiger partial charge in [0, 0.05) is 16.5 Å². The molecule has 1 saturated heterocycles. The van der Waals surface area contributed by atoms with Gasteiger partial charge in [0.1, 0.15) is 11.8 Å². The Morgan fingerprint density at radius 2 is 1.57 bits per heavy atom. The quantitative estimate of drug-likeness (QED) is 0.192. The van der Waals surface area contributed by atoms with E-state index in [1.165, 1.54) is 30.9 Å². The van der Waals surface area contributed by atoms with Crippen molar-refractivity contribution in [2.45, 2.75) is 28.9 Å². The highest BCUT2D eigenvalue weighted by molar-refractivity contribution is 8.00. The van der Waals surface area contributed by atoms with Gasteiger partial charge in [-0.05, 0) is 52.7 Å². The summed E-state index contributed by atoms with van der Waals surface area (Å²) in [6.07, 6.45) is -4.84. The Labute approximate surface area is 285 Å². The molecule has 1 N–H and O–H groups in total. The van der Waals surface area contributed by atoms with Gasteiger partial charge >= 0.3 is 11.0 Å². The van der Waals surface area contributed by atoms with Crippen LogP contribution >= 0.6 is 23.1 Å². The molecule has 2 aliphatic rings. The molecule has 0 radical (unpaired) electrons. The molecular formula is C35H26F3N3O6S2. The fourth-order valence-electron chi connectivity index (χ4n) is 6.42. The number of benzene rings is 4. The van der Waals surface area contributed by atoms with Crippen LogP contribution in [0.1, 0.15) is 21.9 Å². The second kappa shape index (κ2) is 12.4. The molecule has 3 heterocycles. The standard InChI is InChI=1S/C35H26F3N3O6S2/c1-46-24-14-12-20(16-25(24)47-2)27-28-29(32(44)41(31(28)43)23-10-6-5-9-22(23)35(36,37)38)48-33-30(27)49-34(45)40(33)17-26(42)39-21-13-11-18-7-3-4-8-19(18)15-21/h3-16,27-29H,17H2,1-2H3,(H,39,42)/t27-,28?,29?/m1/s1. The molecule has 3 atom stereocenters. The van der Waals surface area contributed by atoms with Crippen LogP contribution in [0.25, 0.3) is 10.8 Å². The molecule has 49 heavy (non-hydrogen) atoms. The highest BCUT2D eigenvalue weighted by atomic mass is 32.2. The number of thiazole rings is 1. The van der Waals surface area contributed by atoms with Gasteiger partial charge in [0.15, 0.2) is 11.5 Å². The van der Waals surface area contributed by atoms with Crippen molar-refractivity contribution in [3.05, 3.63) is 111 Å². The smallest absolute Gasteiger partial charge is 0.418 e. The van der Waals surface area contributed by atoms with Crippen molar-refractivity contribution in [1.82, 2.24) is 4.57 Å². The molecule has 0 spiro atoms. The second-order valence-electron chi connectivity index (χ2n) is 11.4. The van der Waals surface area contributed by atoms with Crippen LogP contribution in [0.4, 0.5) is 24.5 Å². The average molecular weight is 706 g/mol. The average Bonchev–Trinajstić information content (AvgIpc) is 3.53. The first kappa shape index (κ1) is 32.5. The normalized spacial score (nSPS) is 18.7. The van der Waals surface area contributed by atoms with Gasteiger partial charge in [-0.1, -0.05) is 71.6 Å². The summed E-state index contributed by atoms with van der Waals surface area (Å²) in [7, 11) is 2.88. The van der Waals surface area contributed by atoms with E-state index in [1.807, 2.05) is 36.4 Å². The summed E-state index contributed by atoms with van der Waals surface area (Å²) in [5, 5.41) is 3.81. The Kier molecular flexibility index (Phi) is 8.23. The zero-order chi connectivity index (χ0) is 34.6. The number of anilines is 2. The van der Waals surface area contributed by atoms with Gasteiger partial charge in [-0.3, -0.25) is 23.7 Å². The minimum Gasteiger partial charge on any atom is -0.493 e. The highest BCUT2D eigenvalue weighted by Gasteiger charge is 2.58. The monoisotopic (exact) mass is 705 g/mol. The first-order chi connectivity index (χ1) is 23.5. The van der Waals surface area contributed by atoms with Crippen LogP contribution in [-0.4, -0.2) is 41.8 Å². The maximum absolute atomic E-state index is 14.2. The molecule has 1 aromatic heterocycles. The summed E-state index contributed by atoms with van der Waals surface area (Å²) in [5.41, 5.74) is -0.691. The van der Waals surface area contributed by atoms with Gasteiger partial charge < -0.3 is 14.8 Å². The Morgan fingerprint density at radius 3 is 2.31 bits per heavy atom. The van der Waals surface area contributed by atoms with Crippen molar-refractivity contribution in [2.24, 2.45) is 5.92 Å². The summed E-state index contributed by atoms with van der Waals surface area (Å²) in [5.74, 6) is -3.57. The van der Waals surface area contributed by atoms with Crippen LogP contribution in [0.5, 0.6) is 11.5 Å². The lowest BCUT2D eigenvalue weighted by Gasteiger charge is -2.31. The van der Waals surface area contributed by atoms with E-state index < -0.39 is 63.7 Å². The summed E-state index contributed by atoms with van der Waals surface area (Å²) < 4.78 is 54.4. The van der Waals surface area contributed by atoms with E-state index in [2.05, 4.69) is 5.32 Å². The fourth-order valence-corrected chi connectivity index (χ4v) is 9.19. The van der Waals surface area contributed by atoms with Crippen LogP contribution in [0.15, 0.2) is 94.7 Å². The summed E-state index contributed by atoms with van der Waals surface area (Å²) in [4.78, 5) is 55.6. The van der Waals surface area contributed by atoms with Crippen LogP contribution < -0.4 is 24.6 Å². The number of alkyl halides is 3. The third kappa shape index (κ3) is 5.64. The zero-order valence-corrected chi connectivity index (χ0v) is 27.4. The molecule has 9 nitrogen and oxygen atoms in total. The predicted octanol–water partition coefficient (Wildman–Crippen LogP) is 6.53. The number of hydrogen-bond donors (Lipinski definition) is 1. The zero-order valence-electron chi connectivity index (χ0n) is 25.8. The minimum absolute atomic E-state index is 0.289. The lowest BCUT2D eigenvalue weighted by molar-refractivity contribution is -0.137. The van der Waals surface area contributed by atoms with Crippen molar-refractivity contribution in [1.29, 1.82) is 0 Å². The lowest BCUT2D eigenvalue weighted by atomic mass is 9.83. The number of halogens is 3. The summed E-state index contributed by atoms with van der Waals surface area (Å²) in [6, 6.07) is 22.4. The molecule has 7 rings (SSSR count). The van der Waals surface area contributed by atoms with E-state index in [0.717, 1.165) is 46.0 Å². The van der Waals surface area contributed by atoms with Gasteiger partial charge in [-0.2, -0.15) is 13.2 Å². The first-order valence-corrected chi connectivity index (χ1v) is 16.6. The molecule has 0 bridgehead atoms. The lowest BCUT2D eigenvalue weighted by Crippen LogP contribution is -2.33. The number of para-hydroxylation sites is 1. The maximum atomic E-state index is 14.2. The van der Waals surface area contributed by atoms with E-state index >= 15 is 0 Å². The Bertz CT molecular complexity index is 2210. The molecule has 0 saturated carbocycles. The molecule has 2 unspecified atom stereocenters. The SMILES string of the molecule is COc1ccc([C@H]2c3sc(=O)n(CC(=O)Nc4ccc5ccccc5c4)c3SC3C(=O)N(c4ccccc4C(F)(F)F)C(=O)C32)cc1OC. The van der Waals surface area contributed by atoms with Crippen LogP contribution in [0.3, 0.4) is 0 Å². The number of imide groups is 1. The number of nitrogens with zero attached hydrogens (tertiary/aromatic N) is 2. The van der Waals surface area contributed by atoms with Gasteiger partial charge in [0.05, 0.1) is 36.4 Å². The molecular weight excluding hydrogens is 680 g/mol. The molecule has 0 aliphatic carbocycles. The van der Waals surface area contributed by atoms with Crippen molar-refractivity contribution >= 4 is 63.0 Å². The second-order valence-corrected chi connectivity index (χ2v) is 13.5. The number of aromatic nitrogens is 1. The summed E-state index contributed by atoms with van der Waals surface area (Å²) >= 11 is 1.73. The molecule has 250 valence electrons. The van der Waals surface area contributed by atoms with Crippen molar-refractivity contribution in [2.75, 3.05) is 24.4 Å². The van der Waals surface area contributed by atoms with E-state index in [-0.39, 0.29) is 5.03 Å². The van der Waals surface area contributed by atoms with Gasteiger partial charge in [0.2, 0.25) is 17.7 Å². The molecule has 14 heteroatoms. The number of ether oxygens (including phenoxy) is 2. The van der Waals surface area contributed by atoms with Crippen LogP contribution in [0.2, 0.25) is 0 Å². The van der Waals surface area contributed by atoms with Crippen LogP contribution in [-0.2, 0) is 27.1 Å². The molecule has 1 fully saturated rings. The fraction of sp³-hybridized carbons (Fsp3) is 0.200. The number of methoxy groups -OCH3 is 2. The predicted molar refractivity (Wildman–Crippen MR) is 180 cm³/mol. The maximum Gasteiger partial charge on any atom is 0.418 e. The third-order valence-electron chi connectivity index (χ3n) is 8.60. The topological polar surface area (TPSA) is 107 Å². The number of carbonyl (C=O) groups excluding carboxylic acids is 3. The van der Waals surface area contributed by atoms with Crippen molar-refractivity contribution < 1.29 is 37.0 Å². The van der Waals surface area contributed by atoms with Gasteiger partial charge in [-0.15, -0.1) is 0 Å². The molecule has 4 aromatic carbocycles. The molecule has 5 aromatic rings. The number of carbonyl (C=O) groups is 3. The van der Waals surface area contributed by atoms with Crippen LogP contribution in [0, 0.1) is 5.92 Å². The third-order valence-corrected chi connectivity index (χ3v) is 11.2. The number of amides is 3. The van der Waals surface area contributed by atoms with Gasteiger partial charge in [0.25, 0.3) is 0 Å². The van der Waals surface area contributed by atoms with Crippen molar-refractivity contribution in [3.63, 3.8) is 0 Å². The Hall–Kier alpha value is -5.08. The Morgan fingerprint density at radius 1 is 0.857 bits per heavy atom. The highest BCUT2D eigenvalue weighted by Crippen LogP contribution is 2.55. The number of thioether (sulfide) groups is 1. The van der Waals surface area contributed by atoms with E-state index in [1.54, 1.807) is 24.3 Å². The number of fused-ring (bicyclic) bond motifs is 3.